The molecule has 0 saturated carbocycles. The Balaban J connectivity index is 1.97. The SMILES string of the molecule is Nc1cc(C(F)(F)F)ccc1Oc1nccn2nccc12. The lowest BCUT2D eigenvalue weighted by molar-refractivity contribution is -0.137. The van der Waals surface area contributed by atoms with Crippen molar-refractivity contribution in [1.82, 2.24) is 14.6 Å². The van der Waals surface area contributed by atoms with E-state index < -0.39 is 11.7 Å². The van der Waals surface area contributed by atoms with Crippen molar-refractivity contribution < 1.29 is 17.9 Å². The zero-order valence-electron chi connectivity index (χ0n) is 10.5. The van der Waals surface area contributed by atoms with E-state index in [2.05, 4.69) is 10.1 Å². The summed E-state index contributed by atoms with van der Waals surface area (Å²) in [6, 6.07) is 4.57. The van der Waals surface area contributed by atoms with Crippen LogP contribution >= 0.6 is 0 Å². The molecule has 2 aromatic heterocycles. The van der Waals surface area contributed by atoms with Gasteiger partial charge in [0.15, 0.2) is 5.75 Å². The van der Waals surface area contributed by atoms with Crippen LogP contribution in [0.4, 0.5) is 18.9 Å². The summed E-state index contributed by atoms with van der Waals surface area (Å²) in [7, 11) is 0. The summed E-state index contributed by atoms with van der Waals surface area (Å²) >= 11 is 0. The second-order valence-electron chi connectivity index (χ2n) is 4.25. The topological polar surface area (TPSA) is 65.4 Å². The standard InChI is InChI=1S/C13H9F3N4O/c14-13(15,16)8-1-2-11(9(17)7-8)21-12-10-3-4-19-20(10)6-5-18-12/h1-7H,17H2. The third-order valence-corrected chi connectivity index (χ3v) is 2.83. The van der Waals surface area contributed by atoms with E-state index in [1.54, 1.807) is 18.5 Å². The molecule has 21 heavy (non-hydrogen) atoms. The van der Waals surface area contributed by atoms with Gasteiger partial charge in [0, 0.05) is 12.4 Å². The second kappa shape index (κ2) is 4.65. The average molecular weight is 294 g/mol. The van der Waals surface area contributed by atoms with Gasteiger partial charge in [-0.25, -0.2) is 9.50 Å². The molecule has 0 radical (unpaired) electrons. The summed E-state index contributed by atoms with van der Waals surface area (Å²) in [4.78, 5) is 4.03. The maximum atomic E-state index is 12.6. The number of aromatic nitrogens is 3. The number of nitrogens with two attached hydrogens (primary N) is 1. The van der Waals surface area contributed by atoms with Crippen molar-refractivity contribution in [3.8, 4) is 11.6 Å². The van der Waals surface area contributed by atoms with Crippen LogP contribution in [-0.4, -0.2) is 14.6 Å². The monoisotopic (exact) mass is 294 g/mol. The van der Waals surface area contributed by atoms with Gasteiger partial charge in [-0.15, -0.1) is 0 Å². The third-order valence-electron chi connectivity index (χ3n) is 2.83. The van der Waals surface area contributed by atoms with E-state index in [-0.39, 0.29) is 17.3 Å². The van der Waals surface area contributed by atoms with Crippen LogP contribution in [0.2, 0.25) is 0 Å². The number of nitrogens with zero attached hydrogens (tertiary/aromatic N) is 3. The summed E-state index contributed by atoms with van der Waals surface area (Å²) in [5.74, 6) is 0.311. The quantitative estimate of drug-likeness (QED) is 0.737. The van der Waals surface area contributed by atoms with Crippen molar-refractivity contribution in [3.05, 3.63) is 48.4 Å². The lowest BCUT2D eigenvalue weighted by Gasteiger charge is -2.11. The van der Waals surface area contributed by atoms with E-state index >= 15 is 0 Å². The van der Waals surface area contributed by atoms with Gasteiger partial charge in [0.05, 0.1) is 17.4 Å². The van der Waals surface area contributed by atoms with Crippen LogP contribution in [0.25, 0.3) is 5.52 Å². The van der Waals surface area contributed by atoms with E-state index in [0.717, 1.165) is 12.1 Å². The molecule has 2 heterocycles. The van der Waals surface area contributed by atoms with Gasteiger partial charge in [0.2, 0.25) is 5.88 Å². The highest BCUT2D eigenvalue weighted by Crippen LogP contribution is 2.35. The molecule has 0 aliphatic rings. The largest absolute Gasteiger partial charge is 0.435 e. The molecule has 1 aromatic carbocycles. The first-order valence-electron chi connectivity index (χ1n) is 5.88. The second-order valence-corrected chi connectivity index (χ2v) is 4.25. The first kappa shape index (κ1) is 13.2. The smallest absolute Gasteiger partial charge is 0.416 e. The fraction of sp³-hybridized carbons (Fsp3) is 0.0769. The molecule has 0 fully saturated rings. The molecule has 0 saturated heterocycles. The number of alkyl halides is 3. The molecule has 0 aliphatic heterocycles. The summed E-state index contributed by atoms with van der Waals surface area (Å²) in [6.07, 6.45) is 0.199. The van der Waals surface area contributed by atoms with Gasteiger partial charge in [-0.2, -0.15) is 18.3 Å². The number of halogens is 3. The van der Waals surface area contributed by atoms with Crippen molar-refractivity contribution in [2.24, 2.45) is 0 Å². The molecular weight excluding hydrogens is 285 g/mol. The highest BCUT2D eigenvalue weighted by Gasteiger charge is 2.31. The molecular formula is C13H9F3N4O. The van der Waals surface area contributed by atoms with E-state index in [1.165, 1.54) is 16.8 Å². The van der Waals surface area contributed by atoms with Crippen molar-refractivity contribution >= 4 is 11.2 Å². The number of fused-ring (bicyclic) bond motifs is 1. The Morgan fingerprint density at radius 1 is 1.14 bits per heavy atom. The Kier molecular flexibility index (Phi) is 2.93. The maximum Gasteiger partial charge on any atom is 0.416 e. The Morgan fingerprint density at radius 2 is 1.95 bits per heavy atom. The highest BCUT2D eigenvalue weighted by molar-refractivity contribution is 5.60. The lowest BCUT2D eigenvalue weighted by atomic mass is 10.2. The van der Waals surface area contributed by atoms with Crippen LogP contribution in [0.1, 0.15) is 5.56 Å². The van der Waals surface area contributed by atoms with Crippen LogP contribution in [0.15, 0.2) is 42.9 Å². The summed E-state index contributed by atoms with van der Waals surface area (Å²) in [6.45, 7) is 0. The Morgan fingerprint density at radius 3 is 2.67 bits per heavy atom. The number of rotatable bonds is 2. The first-order valence-corrected chi connectivity index (χ1v) is 5.88. The van der Waals surface area contributed by atoms with E-state index in [0.29, 0.717) is 5.52 Å². The van der Waals surface area contributed by atoms with Crippen LogP contribution in [0.3, 0.4) is 0 Å². The molecule has 0 spiro atoms. The van der Waals surface area contributed by atoms with Crippen LogP contribution in [0.5, 0.6) is 11.6 Å². The molecule has 0 aliphatic carbocycles. The fourth-order valence-electron chi connectivity index (χ4n) is 1.83. The van der Waals surface area contributed by atoms with E-state index in [4.69, 9.17) is 10.5 Å². The number of nitrogen functional groups attached to an aromatic ring is 1. The number of hydrogen-bond donors (Lipinski definition) is 1. The van der Waals surface area contributed by atoms with Gasteiger partial charge >= 0.3 is 6.18 Å². The minimum absolute atomic E-state index is 0.102. The summed E-state index contributed by atoms with van der Waals surface area (Å²) < 4.78 is 44.7. The van der Waals surface area contributed by atoms with Crippen molar-refractivity contribution in [2.45, 2.75) is 6.18 Å². The molecule has 0 unspecified atom stereocenters. The number of anilines is 1. The molecule has 108 valence electrons. The Hall–Kier alpha value is -2.77. The van der Waals surface area contributed by atoms with Crippen molar-refractivity contribution in [3.63, 3.8) is 0 Å². The van der Waals surface area contributed by atoms with Gasteiger partial charge in [-0.1, -0.05) is 0 Å². The number of benzene rings is 1. The summed E-state index contributed by atoms with van der Waals surface area (Å²) in [5, 5.41) is 4.01. The van der Waals surface area contributed by atoms with Crippen molar-refractivity contribution in [1.29, 1.82) is 0 Å². The average Bonchev–Trinajstić information content (AvgIpc) is 2.89. The predicted octanol–water partition coefficient (Wildman–Crippen LogP) is 3.12. The fourth-order valence-corrected chi connectivity index (χ4v) is 1.83. The molecule has 5 nitrogen and oxygen atoms in total. The Labute approximate surface area is 116 Å². The summed E-state index contributed by atoms with van der Waals surface area (Å²) in [5.41, 5.74) is 5.24. The molecule has 2 N–H and O–H groups in total. The van der Waals surface area contributed by atoms with Crippen LogP contribution in [-0.2, 0) is 6.18 Å². The van der Waals surface area contributed by atoms with Gasteiger partial charge in [0.1, 0.15) is 5.52 Å². The normalized spacial score (nSPS) is 11.8. The third kappa shape index (κ3) is 2.47. The zero-order chi connectivity index (χ0) is 15.0. The lowest BCUT2D eigenvalue weighted by Crippen LogP contribution is -2.06. The predicted molar refractivity (Wildman–Crippen MR) is 68.9 cm³/mol. The molecule has 0 bridgehead atoms. The highest BCUT2D eigenvalue weighted by atomic mass is 19.4. The zero-order valence-corrected chi connectivity index (χ0v) is 10.5. The van der Waals surface area contributed by atoms with E-state index in [9.17, 15) is 13.2 Å². The van der Waals surface area contributed by atoms with Gasteiger partial charge in [-0.05, 0) is 24.3 Å². The van der Waals surface area contributed by atoms with Gasteiger partial charge < -0.3 is 10.5 Å². The molecule has 3 aromatic rings. The molecule has 8 heteroatoms. The van der Waals surface area contributed by atoms with Gasteiger partial charge in [-0.3, -0.25) is 0 Å². The minimum Gasteiger partial charge on any atom is -0.435 e. The molecule has 0 atom stereocenters. The number of ether oxygens (including phenoxy) is 1. The molecule has 3 rings (SSSR count). The van der Waals surface area contributed by atoms with Crippen molar-refractivity contribution in [2.75, 3.05) is 5.73 Å². The van der Waals surface area contributed by atoms with Crippen LogP contribution < -0.4 is 10.5 Å². The van der Waals surface area contributed by atoms with E-state index in [1.807, 2.05) is 0 Å². The first-order chi connectivity index (χ1) is 9.95. The maximum absolute atomic E-state index is 12.6. The molecule has 0 amide bonds. The van der Waals surface area contributed by atoms with Gasteiger partial charge in [0.25, 0.3) is 0 Å². The Bertz CT molecular complexity index is 797. The minimum atomic E-state index is -4.45. The number of hydrogen-bond acceptors (Lipinski definition) is 4. The van der Waals surface area contributed by atoms with Crippen LogP contribution in [0, 0.1) is 0 Å².